The number of anilines is 1. The van der Waals surface area contributed by atoms with Gasteiger partial charge in [0.1, 0.15) is 4.90 Å². The van der Waals surface area contributed by atoms with Gasteiger partial charge in [0.05, 0.1) is 6.61 Å². The molecule has 1 aliphatic heterocycles. The minimum Gasteiger partial charge on any atom is -0.381 e. The van der Waals surface area contributed by atoms with Crippen molar-refractivity contribution < 1.29 is 13.2 Å². The summed E-state index contributed by atoms with van der Waals surface area (Å²) in [5.74, 6) is 0.0395. The van der Waals surface area contributed by atoms with Crippen LogP contribution in [0.2, 0.25) is 0 Å². The van der Waals surface area contributed by atoms with Crippen LogP contribution in [0.25, 0.3) is 0 Å². The SMILES string of the molecule is CCCn1cc(S(=O)(=O)NC2CCCOC2)c(N)n1. The van der Waals surface area contributed by atoms with E-state index in [9.17, 15) is 8.42 Å². The fourth-order valence-corrected chi connectivity index (χ4v) is 3.41. The first-order valence-corrected chi connectivity index (χ1v) is 7.94. The van der Waals surface area contributed by atoms with Crippen molar-refractivity contribution in [3.8, 4) is 0 Å². The molecule has 1 aromatic rings. The number of aromatic nitrogens is 2. The summed E-state index contributed by atoms with van der Waals surface area (Å²) in [4.78, 5) is 0.0477. The predicted octanol–water partition coefficient (Wildman–Crippen LogP) is 0.333. The molecular weight excluding hydrogens is 268 g/mol. The van der Waals surface area contributed by atoms with E-state index in [0.29, 0.717) is 19.8 Å². The Hall–Kier alpha value is -1.12. The molecule has 108 valence electrons. The molecule has 1 atom stereocenters. The number of nitrogens with two attached hydrogens (primary N) is 1. The van der Waals surface area contributed by atoms with Gasteiger partial charge >= 0.3 is 0 Å². The zero-order chi connectivity index (χ0) is 13.9. The van der Waals surface area contributed by atoms with Crippen LogP contribution in [0.5, 0.6) is 0 Å². The number of nitrogens with zero attached hydrogens (tertiary/aromatic N) is 2. The van der Waals surface area contributed by atoms with E-state index in [1.165, 1.54) is 6.20 Å². The first-order valence-electron chi connectivity index (χ1n) is 6.46. The lowest BCUT2D eigenvalue weighted by Crippen LogP contribution is -2.40. The summed E-state index contributed by atoms with van der Waals surface area (Å²) in [7, 11) is -3.63. The normalized spacial score (nSPS) is 20.6. The lowest BCUT2D eigenvalue weighted by Gasteiger charge is -2.22. The molecule has 2 heterocycles. The summed E-state index contributed by atoms with van der Waals surface area (Å²) in [6.07, 6.45) is 3.98. The standard InChI is InChI=1S/C11H20N4O3S/c1-2-5-15-7-10(11(12)13-15)19(16,17)14-9-4-3-6-18-8-9/h7,9,14H,2-6,8H2,1H3,(H2,12,13). The maximum absolute atomic E-state index is 12.2. The van der Waals surface area contributed by atoms with Gasteiger partial charge in [-0.1, -0.05) is 6.92 Å². The third-order valence-electron chi connectivity index (χ3n) is 2.98. The molecule has 0 radical (unpaired) electrons. The maximum atomic E-state index is 12.2. The quantitative estimate of drug-likeness (QED) is 0.813. The van der Waals surface area contributed by atoms with Gasteiger partial charge in [0, 0.05) is 25.4 Å². The lowest BCUT2D eigenvalue weighted by molar-refractivity contribution is 0.0774. The molecule has 1 fully saturated rings. The molecule has 0 aromatic carbocycles. The molecule has 3 N–H and O–H groups in total. The van der Waals surface area contributed by atoms with Crippen molar-refractivity contribution in [2.75, 3.05) is 18.9 Å². The summed E-state index contributed by atoms with van der Waals surface area (Å²) in [5.41, 5.74) is 5.68. The highest BCUT2D eigenvalue weighted by Crippen LogP contribution is 2.18. The summed E-state index contributed by atoms with van der Waals surface area (Å²) in [5, 5.41) is 4.00. The van der Waals surface area contributed by atoms with E-state index >= 15 is 0 Å². The Morgan fingerprint density at radius 3 is 3.05 bits per heavy atom. The minimum absolute atomic E-state index is 0.0395. The molecule has 2 rings (SSSR count). The van der Waals surface area contributed by atoms with E-state index in [2.05, 4.69) is 9.82 Å². The molecule has 1 aromatic heterocycles. The van der Waals surface area contributed by atoms with Crippen molar-refractivity contribution in [3.63, 3.8) is 0 Å². The van der Waals surface area contributed by atoms with Crippen LogP contribution in [-0.4, -0.2) is 37.5 Å². The van der Waals surface area contributed by atoms with E-state index in [1.54, 1.807) is 4.68 Å². The minimum atomic E-state index is -3.63. The molecule has 7 nitrogen and oxygen atoms in total. The van der Waals surface area contributed by atoms with Crippen LogP contribution in [0.15, 0.2) is 11.1 Å². The maximum Gasteiger partial charge on any atom is 0.246 e. The average Bonchev–Trinajstić information content (AvgIpc) is 2.72. The van der Waals surface area contributed by atoms with Crippen molar-refractivity contribution in [2.24, 2.45) is 0 Å². The van der Waals surface area contributed by atoms with Crippen molar-refractivity contribution >= 4 is 15.8 Å². The zero-order valence-electron chi connectivity index (χ0n) is 11.0. The van der Waals surface area contributed by atoms with Crippen LogP contribution < -0.4 is 10.5 Å². The smallest absolute Gasteiger partial charge is 0.246 e. The Morgan fingerprint density at radius 2 is 2.42 bits per heavy atom. The lowest BCUT2D eigenvalue weighted by atomic mass is 10.1. The van der Waals surface area contributed by atoms with Crippen molar-refractivity contribution in [2.45, 2.75) is 43.7 Å². The predicted molar refractivity (Wildman–Crippen MR) is 71.1 cm³/mol. The number of hydrogen-bond acceptors (Lipinski definition) is 5. The van der Waals surface area contributed by atoms with Crippen molar-refractivity contribution in [1.82, 2.24) is 14.5 Å². The van der Waals surface area contributed by atoms with Crippen molar-refractivity contribution in [3.05, 3.63) is 6.20 Å². The number of sulfonamides is 1. The molecule has 1 aliphatic rings. The summed E-state index contributed by atoms with van der Waals surface area (Å²) >= 11 is 0. The molecule has 0 spiro atoms. The van der Waals surface area contributed by atoms with Crippen molar-refractivity contribution in [1.29, 1.82) is 0 Å². The Kier molecular flexibility index (Phi) is 4.43. The van der Waals surface area contributed by atoms with Crippen LogP contribution in [0, 0.1) is 0 Å². The van der Waals surface area contributed by atoms with Crippen LogP contribution in [-0.2, 0) is 21.3 Å². The van der Waals surface area contributed by atoms with E-state index < -0.39 is 10.0 Å². The van der Waals surface area contributed by atoms with Gasteiger partial charge in [-0.05, 0) is 19.3 Å². The van der Waals surface area contributed by atoms with Crippen LogP contribution in [0.3, 0.4) is 0 Å². The third kappa shape index (κ3) is 3.46. The monoisotopic (exact) mass is 288 g/mol. The number of rotatable bonds is 5. The van der Waals surface area contributed by atoms with Gasteiger partial charge in [-0.2, -0.15) is 5.10 Å². The first-order chi connectivity index (χ1) is 9.03. The fourth-order valence-electron chi connectivity index (χ4n) is 2.09. The molecule has 0 amide bonds. The molecule has 0 bridgehead atoms. The Bertz CT molecular complexity index is 520. The van der Waals surface area contributed by atoms with Gasteiger partial charge < -0.3 is 10.5 Å². The van der Waals surface area contributed by atoms with Gasteiger partial charge in [-0.15, -0.1) is 0 Å². The largest absolute Gasteiger partial charge is 0.381 e. The second-order valence-electron chi connectivity index (χ2n) is 4.68. The van der Waals surface area contributed by atoms with Gasteiger partial charge in [0.15, 0.2) is 5.82 Å². The Balaban J connectivity index is 2.14. The number of aryl methyl sites for hydroxylation is 1. The van der Waals surface area contributed by atoms with Gasteiger partial charge in [-0.25, -0.2) is 13.1 Å². The van der Waals surface area contributed by atoms with Crippen LogP contribution in [0.1, 0.15) is 26.2 Å². The van der Waals surface area contributed by atoms with Crippen LogP contribution in [0.4, 0.5) is 5.82 Å². The van der Waals surface area contributed by atoms with Crippen LogP contribution >= 0.6 is 0 Å². The Morgan fingerprint density at radius 1 is 1.63 bits per heavy atom. The second kappa shape index (κ2) is 5.89. The van der Waals surface area contributed by atoms with E-state index in [1.807, 2.05) is 6.92 Å². The summed E-state index contributed by atoms with van der Waals surface area (Å²) in [6.45, 7) is 3.73. The number of nitrogens with one attached hydrogen (secondary N) is 1. The van der Waals surface area contributed by atoms with Gasteiger partial charge in [0.2, 0.25) is 10.0 Å². The topological polar surface area (TPSA) is 99.2 Å². The van der Waals surface area contributed by atoms with E-state index in [-0.39, 0.29) is 16.8 Å². The molecule has 0 saturated carbocycles. The molecular formula is C11H20N4O3S. The summed E-state index contributed by atoms with van der Waals surface area (Å²) < 4.78 is 33.9. The first kappa shape index (κ1) is 14.3. The van der Waals surface area contributed by atoms with E-state index in [0.717, 1.165) is 19.3 Å². The molecule has 19 heavy (non-hydrogen) atoms. The Labute approximate surface area is 113 Å². The highest BCUT2D eigenvalue weighted by molar-refractivity contribution is 7.89. The second-order valence-corrected chi connectivity index (χ2v) is 6.36. The van der Waals surface area contributed by atoms with Gasteiger partial charge in [0.25, 0.3) is 0 Å². The number of nitrogen functional groups attached to an aromatic ring is 1. The highest BCUT2D eigenvalue weighted by atomic mass is 32.2. The number of hydrogen-bond donors (Lipinski definition) is 2. The number of ether oxygens (including phenoxy) is 1. The highest BCUT2D eigenvalue weighted by Gasteiger charge is 2.26. The average molecular weight is 288 g/mol. The molecule has 8 heteroatoms. The molecule has 0 aliphatic carbocycles. The zero-order valence-corrected chi connectivity index (χ0v) is 11.8. The van der Waals surface area contributed by atoms with E-state index in [4.69, 9.17) is 10.5 Å². The van der Waals surface area contributed by atoms with Gasteiger partial charge in [-0.3, -0.25) is 4.68 Å². The fraction of sp³-hybridized carbons (Fsp3) is 0.727. The third-order valence-corrected chi connectivity index (χ3v) is 4.52. The molecule has 1 unspecified atom stereocenters. The summed E-state index contributed by atoms with van der Waals surface area (Å²) in [6, 6.07) is -0.187. The molecule has 1 saturated heterocycles.